The quantitative estimate of drug-likeness (QED) is 0.513. The fourth-order valence-corrected chi connectivity index (χ4v) is 2.99. The zero-order valence-corrected chi connectivity index (χ0v) is 16.2. The molecule has 0 aliphatic rings. The summed E-state index contributed by atoms with van der Waals surface area (Å²) in [5.74, 6) is 1.52. The van der Waals surface area contributed by atoms with Gasteiger partial charge in [-0.15, -0.1) is 0 Å². The highest BCUT2D eigenvalue weighted by Gasteiger charge is 2.11. The highest BCUT2D eigenvalue weighted by atomic mass is 35.5. The Labute approximate surface area is 165 Å². The largest absolute Gasteiger partial charge is 0.493 e. The average Bonchev–Trinajstić information content (AvgIpc) is 2.72. The summed E-state index contributed by atoms with van der Waals surface area (Å²) in [6.07, 6.45) is 0.992. The summed E-state index contributed by atoms with van der Waals surface area (Å²) in [5.41, 5.74) is 3.47. The van der Waals surface area contributed by atoms with E-state index in [4.69, 9.17) is 21.1 Å². The second-order valence-corrected chi connectivity index (χ2v) is 6.71. The molecule has 27 heavy (non-hydrogen) atoms. The van der Waals surface area contributed by atoms with Crippen molar-refractivity contribution in [2.24, 2.45) is 0 Å². The second-order valence-electron chi connectivity index (χ2n) is 6.28. The lowest BCUT2D eigenvalue weighted by Gasteiger charge is -2.16. The van der Waals surface area contributed by atoms with Crippen LogP contribution < -0.4 is 14.8 Å². The summed E-state index contributed by atoms with van der Waals surface area (Å²) in [6, 6.07) is 24.1. The predicted octanol–water partition coefficient (Wildman–Crippen LogP) is 5.26. The summed E-state index contributed by atoms with van der Waals surface area (Å²) in [5, 5.41) is 4.22. The van der Waals surface area contributed by atoms with Crippen molar-refractivity contribution in [2.45, 2.75) is 19.6 Å². The molecule has 3 rings (SSSR count). The van der Waals surface area contributed by atoms with Crippen LogP contribution in [-0.4, -0.2) is 13.7 Å². The van der Waals surface area contributed by atoms with Crippen molar-refractivity contribution in [1.29, 1.82) is 0 Å². The Morgan fingerprint density at radius 1 is 0.852 bits per heavy atom. The molecular weight excluding hydrogens is 358 g/mol. The van der Waals surface area contributed by atoms with E-state index in [-0.39, 0.29) is 0 Å². The maximum absolute atomic E-state index is 6.09. The maximum atomic E-state index is 6.09. The molecular formula is C23H24ClNO2. The van der Waals surface area contributed by atoms with E-state index in [9.17, 15) is 0 Å². The third-order valence-electron chi connectivity index (χ3n) is 4.33. The number of para-hydroxylation sites is 1. The standard InChI is InChI=1S/C23H24ClNO2/c1-26-22-9-5-8-20(16-25-15-14-18-6-3-2-4-7-18)23(22)27-17-19-10-12-21(24)13-11-19/h2-13,25H,14-17H2,1H3. The highest BCUT2D eigenvalue weighted by Crippen LogP contribution is 2.32. The summed E-state index contributed by atoms with van der Waals surface area (Å²) in [6.45, 7) is 2.09. The first-order valence-electron chi connectivity index (χ1n) is 9.04. The minimum atomic E-state index is 0.467. The van der Waals surface area contributed by atoms with E-state index in [2.05, 4.69) is 35.6 Å². The number of hydrogen-bond donors (Lipinski definition) is 1. The van der Waals surface area contributed by atoms with Crippen LogP contribution in [0.2, 0.25) is 5.02 Å². The third-order valence-corrected chi connectivity index (χ3v) is 4.58. The molecule has 0 fully saturated rings. The second kappa shape index (κ2) is 10.0. The molecule has 0 saturated heterocycles. The van der Waals surface area contributed by atoms with Gasteiger partial charge in [-0.2, -0.15) is 0 Å². The van der Waals surface area contributed by atoms with Gasteiger partial charge in [0.1, 0.15) is 6.61 Å². The Morgan fingerprint density at radius 2 is 1.63 bits per heavy atom. The first-order chi connectivity index (χ1) is 13.3. The van der Waals surface area contributed by atoms with E-state index in [0.29, 0.717) is 6.61 Å². The van der Waals surface area contributed by atoms with E-state index < -0.39 is 0 Å². The molecule has 0 aromatic heterocycles. The van der Waals surface area contributed by atoms with Crippen LogP contribution in [0.5, 0.6) is 11.5 Å². The van der Waals surface area contributed by atoms with E-state index in [0.717, 1.165) is 47.2 Å². The van der Waals surface area contributed by atoms with Crippen LogP contribution in [-0.2, 0) is 19.6 Å². The monoisotopic (exact) mass is 381 g/mol. The first-order valence-corrected chi connectivity index (χ1v) is 9.42. The molecule has 0 spiro atoms. The predicted molar refractivity (Wildman–Crippen MR) is 111 cm³/mol. The molecule has 0 amide bonds. The molecule has 4 heteroatoms. The van der Waals surface area contributed by atoms with Gasteiger partial charge in [0.15, 0.2) is 11.5 Å². The van der Waals surface area contributed by atoms with Crippen molar-refractivity contribution < 1.29 is 9.47 Å². The fourth-order valence-electron chi connectivity index (χ4n) is 2.86. The lowest BCUT2D eigenvalue weighted by Crippen LogP contribution is -2.17. The van der Waals surface area contributed by atoms with Crippen LogP contribution in [0.25, 0.3) is 0 Å². The number of methoxy groups -OCH3 is 1. The molecule has 0 unspecified atom stereocenters. The molecule has 0 aliphatic carbocycles. The van der Waals surface area contributed by atoms with Crippen molar-refractivity contribution in [3.8, 4) is 11.5 Å². The Hall–Kier alpha value is -2.49. The van der Waals surface area contributed by atoms with Gasteiger partial charge < -0.3 is 14.8 Å². The average molecular weight is 382 g/mol. The van der Waals surface area contributed by atoms with Gasteiger partial charge in [0.2, 0.25) is 0 Å². The molecule has 3 aromatic carbocycles. The zero-order valence-electron chi connectivity index (χ0n) is 15.5. The Kier molecular flexibility index (Phi) is 7.14. The maximum Gasteiger partial charge on any atom is 0.166 e. The molecule has 0 saturated carbocycles. The van der Waals surface area contributed by atoms with E-state index in [1.807, 2.05) is 42.5 Å². The van der Waals surface area contributed by atoms with E-state index in [1.54, 1.807) is 7.11 Å². The fraction of sp³-hybridized carbons (Fsp3) is 0.217. The normalized spacial score (nSPS) is 10.6. The molecule has 0 heterocycles. The van der Waals surface area contributed by atoms with Crippen molar-refractivity contribution in [3.05, 3.63) is 94.5 Å². The van der Waals surface area contributed by atoms with Gasteiger partial charge >= 0.3 is 0 Å². The third kappa shape index (κ3) is 5.75. The number of halogens is 1. The minimum absolute atomic E-state index is 0.467. The molecule has 3 aromatic rings. The Balaban J connectivity index is 1.61. The van der Waals surface area contributed by atoms with Crippen molar-refractivity contribution in [2.75, 3.05) is 13.7 Å². The van der Waals surface area contributed by atoms with Gasteiger partial charge in [-0.3, -0.25) is 0 Å². The smallest absolute Gasteiger partial charge is 0.166 e. The Bertz CT molecular complexity index is 835. The SMILES string of the molecule is COc1cccc(CNCCc2ccccc2)c1OCc1ccc(Cl)cc1. The van der Waals surface area contributed by atoms with Crippen molar-refractivity contribution in [3.63, 3.8) is 0 Å². The molecule has 0 atom stereocenters. The van der Waals surface area contributed by atoms with Crippen LogP contribution in [0.4, 0.5) is 0 Å². The van der Waals surface area contributed by atoms with Crippen LogP contribution in [0.3, 0.4) is 0 Å². The zero-order chi connectivity index (χ0) is 18.9. The summed E-state index contributed by atoms with van der Waals surface area (Å²) in [7, 11) is 1.66. The molecule has 0 radical (unpaired) electrons. The lowest BCUT2D eigenvalue weighted by atomic mass is 10.1. The molecule has 3 nitrogen and oxygen atoms in total. The van der Waals surface area contributed by atoms with Gasteiger partial charge in [-0.1, -0.05) is 66.2 Å². The van der Waals surface area contributed by atoms with E-state index in [1.165, 1.54) is 5.56 Å². The number of ether oxygens (including phenoxy) is 2. The van der Waals surface area contributed by atoms with Gasteiger partial charge in [0.05, 0.1) is 7.11 Å². The van der Waals surface area contributed by atoms with E-state index >= 15 is 0 Å². The Morgan fingerprint density at radius 3 is 2.37 bits per heavy atom. The van der Waals surface area contributed by atoms with Gasteiger partial charge in [-0.05, 0) is 42.3 Å². The number of hydrogen-bond acceptors (Lipinski definition) is 3. The number of nitrogens with one attached hydrogen (secondary N) is 1. The minimum Gasteiger partial charge on any atom is -0.493 e. The number of benzene rings is 3. The van der Waals surface area contributed by atoms with Crippen LogP contribution in [0, 0.1) is 0 Å². The summed E-state index contributed by atoms with van der Waals surface area (Å²) >= 11 is 5.95. The van der Waals surface area contributed by atoms with Gasteiger partial charge in [0.25, 0.3) is 0 Å². The molecule has 140 valence electrons. The van der Waals surface area contributed by atoms with Crippen LogP contribution in [0.1, 0.15) is 16.7 Å². The summed E-state index contributed by atoms with van der Waals surface area (Å²) < 4.78 is 11.6. The first kappa shape index (κ1) is 19.3. The lowest BCUT2D eigenvalue weighted by molar-refractivity contribution is 0.280. The van der Waals surface area contributed by atoms with Gasteiger partial charge in [0, 0.05) is 17.1 Å². The van der Waals surface area contributed by atoms with Gasteiger partial charge in [-0.25, -0.2) is 0 Å². The van der Waals surface area contributed by atoms with Crippen LogP contribution in [0.15, 0.2) is 72.8 Å². The van der Waals surface area contributed by atoms with Crippen molar-refractivity contribution >= 4 is 11.6 Å². The van der Waals surface area contributed by atoms with Crippen molar-refractivity contribution in [1.82, 2.24) is 5.32 Å². The summed E-state index contributed by atoms with van der Waals surface area (Å²) in [4.78, 5) is 0. The molecule has 0 bridgehead atoms. The molecule has 0 aliphatic heterocycles. The van der Waals surface area contributed by atoms with Crippen LogP contribution >= 0.6 is 11.6 Å². The highest BCUT2D eigenvalue weighted by molar-refractivity contribution is 6.30. The topological polar surface area (TPSA) is 30.5 Å². The number of rotatable bonds is 9. The molecule has 1 N–H and O–H groups in total.